The van der Waals surface area contributed by atoms with E-state index in [2.05, 4.69) is 20.4 Å². The minimum absolute atomic E-state index is 0. The second-order valence-corrected chi connectivity index (χ2v) is 5.09. The van der Waals surface area contributed by atoms with E-state index in [0.29, 0.717) is 38.4 Å². The smallest absolute Gasteiger partial charge is 0.372 e. The van der Waals surface area contributed by atoms with E-state index in [-0.39, 0.29) is 36.4 Å². The van der Waals surface area contributed by atoms with Crippen LogP contribution in [0.15, 0.2) is 29.3 Å². The lowest BCUT2D eigenvalue weighted by Crippen LogP contribution is -2.38. The Morgan fingerprint density at radius 1 is 1.24 bits per heavy atom. The fourth-order valence-electron chi connectivity index (χ4n) is 1.90. The summed E-state index contributed by atoms with van der Waals surface area (Å²) in [6.07, 6.45) is -3.26. The van der Waals surface area contributed by atoms with Gasteiger partial charge < -0.3 is 15.4 Å². The maximum absolute atomic E-state index is 13.1. The fraction of sp³-hybridized carbons (Fsp3) is 0.562. The number of ether oxygens (including phenoxy) is 1. The Kier molecular flexibility index (Phi) is 12.6. The molecule has 0 heterocycles. The number of rotatable bonds is 9. The van der Waals surface area contributed by atoms with Crippen molar-refractivity contribution in [3.8, 4) is 0 Å². The lowest BCUT2D eigenvalue weighted by Gasteiger charge is -2.11. The van der Waals surface area contributed by atoms with Crippen molar-refractivity contribution in [2.24, 2.45) is 4.99 Å². The summed E-state index contributed by atoms with van der Waals surface area (Å²) < 4.78 is 53.3. The third kappa shape index (κ3) is 12.9. The monoisotopic (exact) mass is 477 g/mol. The van der Waals surface area contributed by atoms with Gasteiger partial charge in [0.1, 0.15) is 12.4 Å². The van der Waals surface area contributed by atoms with Crippen LogP contribution in [0.25, 0.3) is 0 Å². The topological polar surface area (TPSA) is 45.7 Å². The molecule has 0 saturated heterocycles. The van der Waals surface area contributed by atoms with Crippen molar-refractivity contribution in [1.82, 2.24) is 10.6 Å². The molecule has 144 valence electrons. The summed E-state index contributed by atoms with van der Waals surface area (Å²) in [5.41, 5.74) is 0.874. The van der Waals surface area contributed by atoms with Gasteiger partial charge in [-0.05, 0) is 37.5 Å². The third-order valence-corrected chi connectivity index (χ3v) is 2.92. The molecule has 0 saturated carbocycles. The van der Waals surface area contributed by atoms with E-state index in [1.165, 1.54) is 12.1 Å². The first-order valence-corrected chi connectivity index (χ1v) is 7.82. The van der Waals surface area contributed by atoms with Crippen LogP contribution < -0.4 is 10.6 Å². The zero-order chi connectivity index (χ0) is 17.8. The number of guanidine groups is 1. The van der Waals surface area contributed by atoms with Crippen LogP contribution in [0.3, 0.4) is 0 Å². The molecule has 0 radical (unpaired) electrons. The van der Waals surface area contributed by atoms with E-state index in [1.807, 2.05) is 13.0 Å². The van der Waals surface area contributed by atoms with E-state index in [9.17, 15) is 17.6 Å². The quantitative estimate of drug-likeness (QED) is 0.188. The predicted octanol–water partition coefficient (Wildman–Crippen LogP) is 3.51. The summed E-state index contributed by atoms with van der Waals surface area (Å²) in [7, 11) is 0. The summed E-state index contributed by atoms with van der Waals surface area (Å²) in [6.45, 7) is 2.27. The fourth-order valence-corrected chi connectivity index (χ4v) is 1.90. The number of nitrogens with zero attached hydrogens (tertiary/aromatic N) is 1. The highest BCUT2D eigenvalue weighted by atomic mass is 127. The Hall–Kier alpha value is -1.10. The number of benzene rings is 1. The van der Waals surface area contributed by atoms with Gasteiger partial charge in [-0.25, -0.2) is 4.39 Å². The van der Waals surface area contributed by atoms with Crippen LogP contribution in [0.5, 0.6) is 0 Å². The Balaban J connectivity index is 0.00000576. The Bertz CT molecular complexity index is 512. The number of alkyl halides is 3. The summed E-state index contributed by atoms with van der Waals surface area (Å²) in [5.74, 6) is 0.302. The highest BCUT2D eigenvalue weighted by molar-refractivity contribution is 14.0. The number of aliphatic imine (C=N–C) groups is 1. The van der Waals surface area contributed by atoms with E-state index in [4.69, 9.17) is 0 Å². The minimum atomic E-state index is -4.29. The van der Waals surface area contributed by atoms with Gasteiger partial charge in [-0.15, -0.1) is 24.0 Å². The largest absolute Gasteiger partial charge is 0.411 e. The maximum Gasteiger partial charge on any atom is 0.411 e. The van der Waals surface area contributed by atoms with Crippen LogP contribution in [-0.2, 0) is 11.2 Å². The van der Waals surface area contributed by atoms with Crippen molar-refractivity contribution >= 4 is 29.9 Å². The molecular formula is C16H24F4IN3O. The normalized spacial score (nSPS) is 11.8. The highest BCUT2D eigenvalue weighted by Gasteiger charge is 2.27. The molecule has 0 aliphatic heterocycles. The van der Waals surface area contributed by atoms with Gasteiger partial charge in [0.2, 0.25) is 0 Å². The van der Waals surface area contributed by atoms with Gasteiger partial charge in [-0.2, -0.15) is 13.2 Å². The number of nitrogens with one attached hydrogen (secondary N) is 2. The maximum atomic E-state index is 13.1. The van der Waals surface area contributed by atoms with E-state index < -0.39 is 12.8 Å². The molecule has 0 aliphatic rings. The first kappa shape index (κ1) is 23.9. The molecule has 1 aromatic rings. The predicted molar refractivity (Wildman–Crippen MR) is 101 cm³/mol. The average molecular weight is 477 g/mol. The number of hydrogen-bond acceptors (Lipinski definition) is 2. The summed E-state index contributed by atoms with van der Waals surface area (Å²) in [5, 5.41) is 6.14. The van der Waals surface area contributed by atoms with Crippen molar-refractivity contribution in [1.29, 1.82) is 0 Å². The molecule has 0 bridgehead atoms. The zero-order valence-corrected chi connectivity index (χ0v) is 16.4. The van der Waals surface area contributed by atoms with Gasteiger partial charge in [0, 0.05) is 26.2 Å². The molecule has 1 rings (SSSR count). The molecule has 0 aromatic heterocycles. The molecule has 25 heavy (non-hydrogen) atoms. The molecule has 0 atom stereocenters. The van der Waals surface area contributed by atoms with Gasteiger partial charge in [0.05, 0.1) is 0 Å². The van der Waals surface area contributed by atoms with Gasteiger partial charge in [-0.1, -0.05) is 12.1 Å². The van der Waals surface area contributed by atoms with Crippen molar-refractivity contribution in [3.63, 3.8) is 0 Å². The average Bonchev–Trinajstić information content (AvgIpc) is 2.49. The number of halogens is 5. The van der Waals surface area contributed by atoms with E-state index in [0.717, 1.165) is 5.56 Å². The molecule has 9 heteroatoms. The summed E-state index contributed by atoms with van der Waals surface area (Å²) in [6, 6.07) is 6.37. The van der Waals surface area contributed by atoms with E-state index in [1.54, 1.807) is 6.07 Å². The first-order valence-electron chi connectivity index (χ1n) is 7.82. The van der Waals surface area contributed by atoms with Crippen LogP contribution in [0.2, 0.25) is 0 Å². The van der Waals surface area contributed by atoms with E-state index >= 15 is 0 Å². The zero-order valence-electron chi connectivity index (χ0n) is 14.0. The molecule has 2 N–H and O–H groups in total. The minimum Gasteiger partial charge on any atom is -0.372 e. The van der Waals surface area contributed by atoms with Gasteiger partial charge in [0.25, 0.3) is 0 Å². The molecule has 1 aromatic carbocycles. The van der Waals surface area contributed by atoms with Crippen molar-refractivity contribution in [3.05, 3.63) is 35.6 Å². The van der Waals surface area contributed by atoms with Crippen LogP contribution >= 0.6 is 24.0 Å². The van der Waals surface area contributed by atoms with Crippen molar-refractivity contribution < 1.29 is 22.3 Å². The molecule has 4 nitrogen and oxygen atoms in total. The summed E-state index contributed by atoms with van der Waals surface area (Å²) in [4.78, 5) is 4.26. The lowest BCUT2D eigenvalue weighted by atomic mass is 10.1. The second-order valence-electron chi connectivity index (χ2n) is 5.09. The van der Waals surface area contributed by atoms with Crippen molar-refractivity contribution in [2.75, 3.05) is 32.8 Å². The van der Waals surface area contributed by atoms with Gasteiger partial charge in [-0.3, -0.25) is 4.99 Å². The molecule has 0 spiro atoms. The standard InChI is InChI=1S/C16H23F4N3O.HI/c1-2-21-15(22-8-4-10-24-12-16(18,19)20)23-9-7-13-5-3-6-14(17)11-13;/h3,5-6,11H,2,4,7-10,12H2,1H3,(H2,21,22,23);1H. The first-order chi connectivity index (χ1) is 11.4. The number of hydrogen-bond donors (Lipinski definition) is 2. The molecular weight excluding hydrogens is 453 g/mol. The van der Waals surface area contributed by atoms with Gasteiger partial charge >= 0.3 is 6.18 Å². The Morgan fingerprint density at radius 3 is 2.64 bits per heavy atom. The van der Waals surface area contributed by atoms with Crippen LogP contribution in [0.4, 0.5) is 17.6 Å². The SMILES string of the molecule is CCNC(=NCCCOCC(F)(F)F)NCCc1cccc(F)c1.I. The van der Waals surface area contributed by atoms with Crippen molar-refractivity contribution in [2.45, 2.75) is 25.9 Å². The van der Waals surface area contributed by atoms with Crippen LogP contribution in [0.1, 0.15) is 18.9 Å². The summed E-state index contributed by atoms with van der Waals surface area (Å²) >= 11 is 0. The Morgan fingerprint density at radius 2 is 2.00 bits per heavy atom. The Labute approximate surface area is 162 Å². The second kappa shape index (κ2) is 13.2. The highest BCUT2D eigenvalue weighted by Crippen LogP contribution is 2.14. The van der Waals surface area contributed by atoms with Crippen LogP contribution in [0, 0.1) is 5.82 Å². The van der Waals surface area contributed by atoms with Gasteiger partial charge in [0.15, 0.2) is 5.96 Å². The molecule has 0 aliphatic carbocycles. The molecule has 0 unspecified atom stereocenters. The lowest BCUT2D eigenvalue weighted by molar-refractivity contribution is -0.173. The molecule has 0 amide bonds. The third-order valence-electron chi connectivity index (χ3n) is 2.92. The molecule has 0 fully saturated rings. The van der Waals surface area contributed by atoms with Crippen LogP contribution in [-0.4, -0.2) is 45.0 Å².